The van der Waals surface area contributed by atoms with Gasteiger partial charge in [-0.3, -0.25) is 4.90 Å². The molecule has 0 unspecified atom stereocenters. The van der Waals surface area contributed by atoms with Crippen molar-refractivity contribution in [1.82, 2.24) is 10.2 Å². The molecule has 1 heterocycles. The van der Waals surface area contributed by atoms with E-state index >= 15 is 0 Å². The first-order valence-electron chi connectivity index (χ1n) is 4.70. The topological polar surface area (TPSA) is 39.1 Å². The predicted octanol–water partition coefficient (Wildman–Crippen LogP) is 0.584. The van der Waals surface area contributed by atoms with E-state index < -0.39 is 0 Å². The number of rotatable bonds is 5. The van der Waals surface area contributed by atoms with Crippen LogP contribution in [-0.2, 0) is 0 Å². The second-order valence-electron chi connectivity index (χ2n) is 3.20. The molecule has 0 atom stereocenters. The van der Waals surface area contributed by atoms with Crippen molar-refractivity contribution >= 4 is 0 Å². The second-order valence-corrected chi connectivity index (χ2v) is 3.20. The minimum Gasteiger partial charge on any atom is -0.314 e. The van der Waals surface area contributed by atoms with Gasteiger partial charge in [0.15, 0.2) is 0 Å². The Bertz CT molecular complexity index is 158. The lowest BCUT2D eigenvalue weighted by Gasteiger charge is -2.37. The molecule has 0 aliphatic carbocycles. The van der Waals surface area contributed by atoms with Gasteiger partial charge in [-0.05, 0) is 19.5 Å². The number of unbranched alkanes of at least 4 members (excludes halogenated alkanes) is 1. The van der Waals surface area contributed by atoms with Crippen LogP contribution in [0, 0.1) is 11.3 Å². The summed E-state index contributed by atoms with van der Waals surface area (Å²) in [4.78, 5) is 2.45. The normalized spacial score (nSPS) is 17.4. The Balaban J connectivity index is 2.12. The highest BCUT2D eigenvalue weighted by atomic mass is 15.2. The van der Waals surface area contributed by atoms with E-state index in [0.717, 1.165) is 38.6 Å². The van der Waals surface area contributed by atoms with Crippen LogP contribution in [0.25, 0.3) is 0 Å². The van der Waals surface area contributed by atoms with Crippen LogP contribution in [-0.4, -0.2) is 37.1 Å². The minimum atomic E-state index is 0.691. The van der Waals surface area contributed by atoms with Gasteiger partial charge in [0, 0.05) is 25.6 Å². The van der Waals surface area contributed by atoms with Gasteiger partial charge in [0.25, 0.3) is 0 Å². The van der Waals surface area contributed by atoms with Crippen LogP contribution >= 0.6 is 0 Å². The van der Waals surface area contributed by atoms with Gasteiger partial charge in [-0.1, -0.05) is 6.92 Å². The molecule has 3 nitrogen and oxygen atoms in total. The van der Waals surface area contributed by atoms with Gasteiger partial charge in [-0.15, -0.1) is 0 Å². The van der Waals surface area contributed by atoms with Crippen LogP contribution in [0.15, 0.2) is 0 Å². The number of likely N-dealkylation sites (N-methyl/N-ethyl adjacent to an activating group) is 1. The molecule has 1 fully saturated rings. The first kappa shape index (κ1) is 9.50. The maximum Gasteiger partial charge on any atom is 0.0622 e. The Kier molecular flexibility index (Phi) is 4.06. The highest BCUT2D eigenvalue weighted by molar-refractivity contribution is 4.84. The first-order chi connectivity index (χ1) is 5.88. The quantitative estimate of drug-likeness (QED) is 0.609. The van der Waals surface area contributed by atoms with Crippen molar-refractivity contribution in [1.29, 1.82) is 5.26 Å². The molecular formula is C9H17N3. The van der Waals surface area contributed by atoms with Gasteiger partial charge < -0.3 is 5.32 Å². The third-order valence-electron chi connectivity index (χ3n) is 2.42. The third-order valence-corrected chi connectivity index (χ3v) is 2.42. The van der Waals surface area contributed by atoms with E-state index in [2.05, 4.69) is 23.2 Å². The van der Waals surface area contributed by atoms with Gasteiger partial charge in [-0.2, -0.15) is 5.26 Å². The number of hydrogen-bond acceptors (Lipinski definition) is 3. The zero-order chi connectivity index (χ0) is 8.81. The summed E-state index contributed by atoms with van der Waals surface area (Å²) in [6.45, 7) is 6.62. The van der Waals surface area contributed by atoms with Crippen LogP contribution in [0.4, 0.5) is 0 Å². The summed E-state index contributed by atoms with van der Waals surface area (Å²) in [7, 11) is 0. The molecule has 1 saturated heterocycles. The number of nitrogens with one attached hydrogen (secondary N) is 1. The molecule has 0 bridgehead atoms. The standard InChI is InChI=1S/C9H17N3/c1-2-12(6-4-3-5-10)9-7-11-8-9/h9,11H,2-4,6-8H2,1H3. The SMILES string of the molecule is CCN(CCCC#N)C1CNC1. The molecule has 68 valence electrons. The average molecular weight is 167 g/mol. The molecule has 0 saturated carbocycles. The molecular weight excluding hydrogens is 150 g/mol. The van der Waals surface area contributed by atoms with Gasteiger partial charge in [-0.25, -0.2) is 0 Å². The highest BCUT2D eigenvalue weighted by Gasteiger charge is 2.22. The molecule has 0 aromatic heterocycles. The van der Waals surface area contributed by atoms with Gasteiger partial charge in [0.1, 0.15) is 0 Å². The van der Waals surface area contributed by atoms with Crippen molar-refractivity contribution < 1.29 is 0 Å². The maximum atomic E-state index is 8.38. The van der Waals surface area contributed by atoms with E-state index in [-0.39, 0.29) is 0 Å². The summed E-state index contributed by atoms with van der Waals surface area (Å²) in [6, 6.07) is 2.91. The van der Waals surface area contributed by atoms with E-state index in [0.29, 0.717) is 6.42 Å². The fourth-order valence-corrected chi connectivity index (χ4v) is 1.49. The summed E-state index contributed by atoms with van der Waals surface area (Å²) in [5, 5.41) is 11.6. The van der Waals surface area contributed by atoms with Crippen molar-refractivity contribution in [2.45, 2.75) is 25.8 Å². The lowest BCUT2D eigenvalue weighted by atomic mass is 10.1. The van der Waals surface area contributed by atoms with Crippen molar-refractivity contribution in [3.05, 3.63) is 0 Å². The molecule has 1 N–H and O–H groups in total. The van der Waals surface area contributed by atoms with Crippen LogP contribution in [0.2, 0.25) is 0 Å². The van der Waals surface area contributed by atoms with Crippen molar-refractivity contribution in [3.63, 3.8) is 0 Å². The Hall–Kier alpha value is -0.590. The maximum absolute atomic E-state index is 8.38. The molecule has 1 rings (SSSR count). The van der Waals surface area contributed by atoms with Crippen LogP contribution in [0.5, 0.6) is 0 Å². The summed E-state index contributed by atoms with van der Waals surface area (Å²) in [5.74, 6) is 0. The Labute approximate surface area is 74.4 Å². The largest absolute Gasteiger partial charge is 0.314 e. The summed E-state index contributed by atoms with van der Waals surface area (Å²) >= 11 is 0. The monoisotopic (exact) mass is 167 g/mol. The highest BCUT2D eigenvalue weighted by Crippen LogP contribution is 2.05. The van der Waals surface area contributed by atoms with Gasteiger partial charge >= 0.3 is 0 Å². The average Bonchev–Trinajstić information content (AvgIpc) is 1.99. The zero-order valence-corrected chi connectivity index (χ0v) is 7.71. The van der Waals surface area contributed by atoms with Crippen molar-refractivity contribution in [2.75, 3.05) is 26.2 Å². The van der Waals surface area contributed by atoms with E-state index in [1.807, 2.05) is 0 Å². The van der Waals surface area contributed by atoms with E-state index in [4.69, 9.17) is 5.26 Å². The molecule has 0 aromatic rings. The molecule has 12 heavy (non-hydrogen) atoms. The Morgan fingerprint density at radius 2 is 2.33 bits per heavy atom. The van der Waals surface area contributed by atoms with Gasteiger partial charge in [0.2, 0.25) is 0 Å². The molecule has 1 aliphatic heterocycles. The Morgan fingerprint density at radius 1 is 1.58 bits per heavy atom. The number of hydrogen-bond donors (Lipinski definition) is 1. The fourth-order valence-electron chi connectivity index (χ4n) is 1.49. The number of nitriles is 1. The van der Waals surface area contributed by atoms with Crippen LogP contribution in [0.1, 0.15) is 19.8 Å². The molecule has 0 radical (unpaired) electrons. The smallest absolute Gasteiger partial charge is 0.0622 e. The molecule has 0 amide bonds. The Morgan fingerprint density at radius 3 is 2.75 bits per heavy atom. The summed E-state index contributed by atoms with van der Waals surface area (Å²) < 4.78 is 0. The first-order valence-corrected chi connectivity index (χ1v) is 4.70. The lowest BCUT2D eigenvalue weighted by molar-refractivity contribution is 0.152. The minimum absolute atomic E-state index is 0.691. The van der Waals surface area contributed by atoms with Gasteiger partial charge in [0.05, 0.1) is 6.07 Å². The number of nitrogens with zero attached hydrogens (tertiary/aromatic N) is 2. The van der Waals surface area contributed by atoms with Crippen molar-refractivity contribution in [2.24, 2.45) is 0 Å². The van der Waals surface area contributed by atoms with E-state index in [1.165, 1.54) is 0 Å². The van der Waals surface area contributed by atoms with Crippen molar-refractivity contribution in [3.8, 4) is 6.07 Å². The van der Waals surface area contributed by atoms with Crippen LogP contribution < -0.4 is 5.32 Å². The fraction of sp³-hybridized carbons (Fsp3) is 0.889. The summed E-state index contributed by atoms with van der Waals surface area (Å²) in [6.07, 6.45) is 1.71. The summed E-state index contributed by atoms with van der Waals surface area (Å²) in [5.41, 5.74) is 0. The molecule has 0 aromatic carbocycles. The van der Waals surface area contributed by atoms with E-state index in [1.54, 1.807) is 0 Å². The lowest BCUT2D eigenvalue weighted by Crippen LogP contribution is -2.57. The predicted molar refractivity (Wildman–Crippen MR) is 48.8 cm³/mol. The van der Waals surface area contributed by atoms with E-state index in [9.17, 15) is 0 Å². The third kappa shape index (κ3) is 2.47. The second kappa shape index (κ2) is 5.13. The van der Waals surface area contributed by atoms with Crippen LogP contribution in [0.3, 0.4) is 0 Å². The zero-order valence-electron chi connectivity index (χ0n) is 7.71. The molecule has 1 aliphatic rings. The molecule has 0 spiro atoms. The molecule has 3 heteroatoms.